The fraction of sp³-hybridized carbons (Fsp3) is 0.109. The van der Waals surface area contributed by atoms with Gasteiger partial charge in [-0.3, -0.25) is 0 Å². The SMILES string of the molecule is CC(C)(C)c1cc(-c2ccccc2)c(N2c3ccc(-c4ccccc4-c4ccccc4)cc3C3c4cc(-c5ccccc5-c5ccccc5)ccc4N(c4c(-c5ccccc5)cc(C(C)(C)C)cc4-c4ccccc4)c4cc(C5c6ccccc6Cc6ccccc65)cc2c43)c(-c2ccccc2)c1. The first-order chi connectivity index (χ1) is 50.4. The highest BCUT2D eigenvalue weighted by Crippen LogP contribution is 2.66. The quantitative estimate of drug-likeness (QED) is 0.127. The van der Waals surface area contributed by atoms with E-state index in [9.17, 15) is 0 Å². The molecule has 0 atom stereocenters. The van der Waals surface area contributed by atoms with E-state index in [0.29, 0.717) is 0 Å². The predicted octanol–water partition coefficient (Wildman–Crippen LogP) is 27.4. The molecule has 103 heavy (non-hydrogen) atoms. The van der Waals surface area contributed by atoms with Crippen LogP contribution in [-0.2, 0) is 17.3 Å². The normalized spacial score (nSPS) is 13.2. The molecule has 0 radical (unpaired) electrons. The van der Waals surface area contributed by atoms with Gasteiger partial charge in [0.25, 0.3) is 0 Å². The molecule has 0 fully saturated rings. The average Bonchev–Trinajstić information content (AvgIpc) is 0.685. The van der Waals surface area contributed by atoms with Gasteiger partial charge in [-0.15, -0.1) is 0 Å². The Bertz CT molecular complexity index is 5250. The van der Waals surface area contributed by atoms with Crippen molar-refractivity contribution in [1.29, 1.82) is 0 Å². The summed E-state index contributed by atoms with van der Waals surface area (Å²) in [7, 11) is 0. The van der Waals surface area contributed by atoms with Gasteiger partial charge in [-0.25, -0.2) is 0 Å². The number of benzene rings is 15. The lowest BCUT2D eigenvalue weighted by atomic mass is 9.70. The topological polar surface area (TPSA) is 6.48 Å². The van der Waals surface area contributed by atoms with Crippen LogP contribution in [0.25, 0.3) is 89.0 Å². The Morgan fingerprint density at radius 2 is 0.515 bits per heavy atom. The fourth-order valence-corrected chi connectivity index (χ4v) is 16.9. The van der Waals surface area contributed by atoms with E-state index in [-0.39, 0.29) is 22.7 Å². The molecule has 0 saturated carbocycles. The smallest absolute Gasteiger partial charge is 0.0618 e. The summed E-state index contributed by atoms with van der Waals surface area (Å²) in [6.45, 7) is 14.2. The Labute approximate surface area is 607 Å². The van der Waals surface area contributed by atoms with E-state index < -0.39 is 0 Å². The van der Waals surface area contributed by atoms with Gasteiger partial charge in [-0.05, 0) is 195 Å². The summed E-state index contributed by atoms with van der Waals surface area (Å²) in [6, 6.07) is 134. The third-order valence-electron chi connectivity index (χ3n) is 21.9. The van der Waals surface area contributed by atoms with E-state index in [0.717, 1.165) is 73.9 Å². The van der Waals surface area contributed by atoms with E-state index in [1.807, 2.05) is 0 Å². The lowest BCUT2D eigenvalue weighted by Gasteiger charge is -2.47. The average molecular weight is 1320 g/mol. The second kappa shape index (κ2) is 25.5. The summed E-state index contributed by atoms with van der Waals surface area (Å²) in [5.74, 6) is -0.407. The van der Waals surface area contributed by atoms with Gasteiger partial charge in [-0.2, -0.15) is 0 Å². The van der Waals surface area contributed by atoms with Gasteiger partial charge in [0.1, 0.15) is 0 Å². The predicted molar refractivity (Wildman–Crippen MR) is 434 cm³/mol. The Morgan fingerprint density at radius 1 is 0.233 bits per heavy atom. The highest BCUT2D eigenvalue weighted by atomic mass is 15.2. The van der Waals surface area contributed by atoms with Crippen molar-refractivity contribution >= 4 is 34.1 Å². The van der Waals surface area contributed by atoms with Crippen LogP contribution in [0.4, 0.5) is 34.1 Å². The minimum absolute atomic E-state index is 0.114. The van der Waals surface area contributed by atoms with Crippen molar-refractivity contribution in [1.82, 2.24) is 0 Å². The largest absolute Gasteiger partial charge is 0.309 e. The Morgan fingerprint density at radius 3 is 0.835 bits per heavy atom. The summed E-state index contributed by atoms with van der Waals surface area (Å²) in [5.41, 5.74) is 38.1. The highest BCUT2D eigenvalue weighted by molar-refractivity contribution is 6.08. The number of fused-ring (bicyclic) bond motifs is 6. The number of anilines is 6. The molecule has 0 amide bonds. The van der Waals surface area contributed by atoms with Crippen LogP contribution in [0.2, 0.25) is 0 Å². The third kappa shape index (κ3) is 11.1. The molecule has 15 aromatic rings. The molecule has 2 aliphatic heterocycles. The first kappa shape index (κ1) is 63.1. The van der Waals surface area contributed by atoms with Crippen LogP contribution in [0.15, 0.2) is 352 Å². The van der Waals surface area contributed by atoms with Crippen LogP contribution >= 0.6 is 0 Å². The number of hydrogen-bond acceptors (Lipinski definition) is 2. The maximum absolute atomic E-state index is 2.75. The highest BCUT2D eigenvalue weighted by Gasteiger charge is 2.45. The molecule has 18 rings (SSSR count). The maximum atomic E-state index is 2.75. The zero-order valence-electron chi connectivity index (χ0n) is 59.2. The summed E-state index contributed by atoms with van der Waals surface area (Å²) in [4.78, 5) is 5.49. The van der Waals surface area contributed by atoms with E-state index in [2.05, 4.69) is 403 Å². The van der Waals surface area contributed by atoms with Gasteiger partial charge < -0.3 is 9.80 Å². The number of nitrogens with zero attached hydrogens (tertiary/aromatic N) is 2. The van der Waals surface area contributed by atoms with Crippen LogP contribution in [0, 0.1) is 0 Å². The van der Waals surface area contributed by atoms with Crippen LogP contribution < -0.4 is 9.80 Å². The minimum atomic E-state index is -0.293. The molecule has 0 saturated heterocycles. The lowest BCUT2D eigenvalue weighted by Crippen LogP contribution is -2.31. The molecule has 2 nitrogen and oxygen atoms in total. The molecule has 0 bridgehead atoms. The van der Waals surface area contributed by atoms with Crippen molar-refractivity contribution in [2.75, 3.05) is 9.80 Å². The maximum Gasteiger partial charge on any atom is 0.0618 e. The second-order valence-corrected chi connectivity index (χ2v) is 30.3. The van der Waals surface area contributed by atoms with E-state index >= 15 is 0 Å². The summed E-state index contributed by atoms with van der Waals surface area (Å²) in [6.07, 6.45) is 0.870. The zero-order valence-corrected chi connectivity index (χ0v) is 59.2. The van der Waals surface area contributed by atoms with Crippen molar-refractivity contribution in [2.24, 2.45) is 0 Å². The molecule has 494 valence electrons. The Kier molecular flexibility index (Phi) is 15.6. The molecule has 0 N–H and O–H groups in total. The van der Waals surface area contributed by atoms with Crippen LogP contribution in [0.3, 0.4) is 0 Å². The number of rotatable bonds is 11. The van der Waals surface area contributed by atoms with Crippen LogP contribution in [0.1, 0.15) is 109 Å². The van der Waals surface area contributed by atoms with Crippen LogP contribution in [0.5, 0.6) is 0 Å². The molecular weight excluding hydrogens is 1240 g/mol. The molecule has 2 heteroatoms. The molecule has 3 aliphatic rings. The molecule has 15 aromatic carbocycles. The molecule has 1 aliphatic carbocycles. The van der Waals surface area contributed by atoms with Crippen molar-refractivity contribution in [2.45, 2.75) is 70.6 Å². The first-order valence-electron chi connectivity index (χ1n) is 36.5. The Hall–Kier alpha value is -12.1. The van der Waals surface area contributed by atoms with E-state index in [1.54, 1.807) is 0 Å². The summed E-state index contributed by atoms with van der Waals surface area (Å²) in [5, 5.41) is 0. The van der Waals surface area contributed by atoms with Crippen molar-refractivity contribution in [3.05, 3.63) is 407 Å². The fourth-order valence-electron chi connectivity index (χ4n) is 16.9. The van der Waals surface area contributed by atoms with Gasteiger partial charge in [-0.1, -0.05) is 333 Å². The molecule has 0 unspecified atom stereocenters. The Balaban J connectivity index is 1.06. The first-order valence-corrected chi connectivity index (χ1v) is 36.5. The molecule has 0 aromatic heterocycles. The second-order valence-electron chi connectivity index (χ2n) is 30.3. The summed E-state index contributed by atoms with van der Waals surface area (Å²) < 4.78 is 0. The third-order valence-corrected chi connectivity index (χ3v) is 21.9. The van der Waals surface area contributed by atoms with Crippen LogP contribution in [-0.4, -0.2) is 0 Å². The van der Waals surface area contributed by atoms with Gasteiger partial charge in [0, 0.05) is 39.7 Å². The van der Waals surface area contributed by atoms with Crippen molar-refractivity contribution < 1.29 is 0 Å². The molecular formula is C101H80N2. The summed E-state index contributed by atoms with van der Waals surface area (Å²) >= 11 is 0. The van der Waals surface area contributed by atoms with Crippen molar-refractivity contribution in [3.8, 4) is 89.0 Å². The van der Waals surface area contributed by atoms with Gasteiger partial charge >= 0.3 is 0 Å². The standard InChI is InChI=1S/C101H80N2/c1-100(2,3)77-62-85(68-37-17-9-18-38-68)98(86(63-77)69-39-19-10-20-40-69)102-91-55-53-74(81-49-31-29-47-79(81)66-33-13-7-14-34-66)58-89(91)96-90-59-75(82-50-32-30-48-80(82)67-35-15-8-16-36-67)54-56-92(90)103(99-87(70-41-21-11-22-42-70)64-78(101(4,5)6)65-88(99)71-43-23-12-24-44-71)94-61-76(60-93(102)97(94)96)95-83-51-27-25-45-72(83)57-73-46-26-28-52-84(73)95/h7-56,58-65,95-96H,57H2,1-6H3. The van der Waals surface area contributed by atoms with Crippen molar-refractivity contribution in [3.63, 3.8) is 0 Å². The minimum Gasteiger partial charge on any atom is -0.309 e. The molecule has 0 spiro atoms. The van der Waals surface area contributed by atoms with E-state index in [1.165, 1.54) is 111 Å². The van der Waals surface area contributed by atoms with E-state index in [4.69, 9.17) is 0 Å². The van der Waals surface area contributed by atoms with Gasteiger partial charge in [0.05, 0.1) is 34.1 Å². The van der Waals surface area contributed by atoms with Gasteiger partial charge in [0.15, 0.2) is 0 Å². The molecule has 2 heterocycles. The lowest BCUT2D eigenvalue weighted by molar-refractivity contribution is 0.590. The monoisotopic (exact) mass is 1320 g/mol. The van der Waals surface area contributed by atoms with Gasteiger partial charge in [0.2, 0.25) is 0 Å². The zero-order chi connectivity index (χ0) is 69.5. The number of hydrogen-bond donors (Lipinski definition) is 0.